The molecule has 2 aromatic carbocycles. The number of hydrogen-bond acceptors (Lipinski definition) is 1. The first-order valence-corrected chi connectivity index (χ1v) is 9.18. The van der Waals surface area contributed by atoms with Gasteiger partial charge in [-0.2, -0.15) is 0 Å². The molecule has 0 spiro atoms. The second kappa shape index (κ2) is 6.29. The summed E-state index contributed by atoms with van der Waals surface area (Å²) >= 11 is 0. The molecule has 2 nitrogen and oxygen atoms in total. The van der Waals surface area contributed by atoms with Crippen LogP contribution in [0.3, 0.4) is 0 Å². The van der Waals surface area contributed by atoms with Crippen molar-refractivity contribution in [3.63, 3.8) is 0 Å². The van der Waals surface area contributed by atoms with E-state index in [1.165, 1.54) is 11.1 Å². The standard InChI is InChI=1S/C22H24FNO/c1-14-3-10-21(15(2)11-14)22(25)24-19-8-9-20(24)13-17(12-19)16-4-6-18(23)7-5-16/h3-7,10-11,17,19-20H,8-9,12-13H2,1-2H3. The average Bonchev–Trinajstić information content (AvgIpc) is 2.85. The van der Waals surface area contributed by atoms with E-state index in [1.807, 2.05) is 31.2 Å². The zero-order valence-corrected chi connectivity index (χ0v) is 14.8. The molecule has 2 saturated heterocycles. The summed E-state index contributed by atoms with van der Waals surface area (Å²) in [5.74, 6) is 0.429. The summed E-state index contributed by atoms with van der Waals surface area (Å²) in [6.07, 6.45) is 4.13. The van der Waals surface area contributed by atoms with E-state index in [4.69, 9.17) is 0 Å². The van der Waals surface area contributed by atoms with Gasteiger partial charge in [0.1, 0.15) is 5.82 Å². The summed E-state index contributed by atoms with van der Waals surface area (Å²) < 4.78 is 13.2. The van der Waals surface area contributed by atoms with E-state index in [1.54, 1.807) is 12.1 Å². The molecule has 0 N–H and O–H groups in total. The molecule has 130 valence electrons. The van der Waals surface area contributed by atoms with Crippen LogP contribution in [0.1, 0.15) is 58.6 Å². The summed E-state index contributed by atoms with van der Waals surface area (Å²) in [7, 11) is 0. The molecular formula is C22H24FNO. The number of fused-ring (bicyclic) bond motifs is 2. The van der Waals surface area contributed by atoms with Crippen molar-refractivity contribution < 1.29 is 9.18 Å². The molecule has 0 aromatic heterocycles. The number of halogens is 1. The number of aryl methyl sites for hydroxylation is 2. The second-order valence-corrected chi connectivity index (χ2v) is 7.64. The summed E-state index contributed by atoms with van der Waals surface area (Å²) in [5, 5.41) is 0. The third kappa shape index (κ3) is 2.97. The van der Waals surface area contributed by atoms with Crippen molar-refractivity contribution >= 4 is 5.91 Å². The minimum absolute atomic E-state index is 0.183. The normalized spacial score (nSPS) is 25.2. The van der Waals surface area contributed by atoms with Gasteiger partial charge in [0.05, 0.1) is 0 Å². The van der Waals surface area contributed by atoms with Crippen molar-refractivity contribution in [3.05, 3.63) is 70.5 Å². The number of nitrogens with zero attached hydrogens (tertiary/aromatic N) is 1. The molecule has 0 aliphatic carbocycles. The quantitative estimate of drug-likeness (QED) is 0.756. The van der Waals surface area contributed by atoms with Gasteiger partial charge in [0, 0.05) is 17.6 Å². The summed E-state index contributed by atoms with van der Waals surface area (Å²) in [5.41, 5.74) is 4.29. The van der Waals surface area contributed by atoms with Gasteiger partial charge in [-0.1, -0.05) is 29.8 Å². The lowest BCUT2D eigenvalue weighted by atomic mass is 9.84. The molecule has 25 heavy (non-hydrogen) atoms. The Hall–Kier alpha value is -2.16. The highest BCUT2D eigenvalue weighted by atomic mass is 19.1. The number of benzene rings is 2. The van der Waals surface area contributed by atoms with Gasteiger partial charge >= 0.3 is 0 Å². The van der Waals surface area contributed by atoms with Gasteiger partial charge in [-0.3, -0.25) is 4.79 Å². The Morgan fingerprint density at radius 1 is 1.00 bits per heavy atom. The third-order valence-corrected chi connectivity index (χ3v) is 5.92. The van der Waals surface area contributed by atoms with Crippen molar-refractivity contribution in [2.24, 2.45) is 0 Å². The van der Waals surface area contributed by atoms with Gasteiger partial charge in [0.2, 0.25) is 0 Å². The highest BCUT2D eigenvalue weighted by molar-refractivity contribution is 5.96. The molecule has 0 saturated carbocycles. The van der Waals surface area contributed by atoms with Crippen molar-refractivity contribution in [2.45, 2.75) is 57.5 Å². The van der Waals surface area contributed by atoms with E-state index in [0.717, 1.165) is 36.8 Å². The number of carbonyl (C=O) groups excluding carboxylic acids is 1. The molecule has 2 unspecified atom stereocenters. The average molecular weight is 337 g/mol. The molecule has 2 fully saturated rings. The maximum Gasteiger partial charge on any atom is 0.254 e. The zero-order chi connectivity index (χ0) is 17.6. The minimum atomic E-state index is -0.186. The number of amides is 1. The fraction of sp³-hybridized carbons (Fsp3) is 0.409. The maximum absolute atomic E-state index is 13.2. The summed E-state index contributed by atoms with van der Waals surface area (Å²) in [6.45, 7) is 4.08. The summed E-state index contributed by atoms with van der Waals surface area (Å²) in [4.78, 5) is 15.3. The molecule has 2 aliphatic rings. The first-order valence-electron chi connectivity index (χ1n) is 9.18. The van der Waals surface area contributed by atoms with Crippen LogP contribution < -0.4 is 0 Å². The van der Waals surface area contributed by atoms with Crippen LogP contribution in [0.25, 0.3) is 0 Å². The van der Waals surface area contributed by atoms with Gasteiger partial charge in [-0.05, 0) is 74.8 Å². The van der Waals surface area contributed by atoms with E-state index in [2.05, 4.69) is 17.9 Å². The van der Waals surface area contributed by atoms with E-state index < -0.39 is 0 Å². The van der Waals surface area contributed by atoms with Crippen LogP contribution in [0.2, 0.25) is 0 Å². The molecular weight excluding hydrogens is 313 g/mol. The molecule has 3 heteroatoms. The Morgan fingerprint density at radius 3 is 2.24 bits per heavy atom. The number of rotatable bonds is 2. The Balaban J connectivity index is 1.56. The van der Waals surface area contributed by atoms with Crippen LogP contribution in [-0.4, -0.2) is 22.9 Å². The van der Waals surface area contributed by atoms with Crippen LogP contribution in [0.4, 0.5) is 4.39 Å². The van der Waals surface area contributed by atoms with Crippen LogP contribution in [0.5, 0.6) is 0 Å². The molecule has 4 rings (SSSR count). The van der Waals surface area contributed by atoms with Crippen LogP contribution >= 0.6 is 0 Å². The van der Waals surface area contributed by atoms with Crippen molar-refractivity contribution in [3.8, 4) is 0 Å². The van der Waals surface area contributed by atoms with Gasteiger partial charge < -0.3 is 4.90 Å². The highest BCUT2D eigenvalue weighted by Crippen LogP contribution is 2.43. The highest BCUT2D eigenvalue weighted by Gasteiger charge is 2.43. The predicted molar refractivity (Wildman–Crippen MR) is 97.3 cm³/mol. The van der Waals surface area contributed by atoms with Gasteiger partial charge in [0.25, 0.3) is 5.91 Å². The van der Waals surface area contributed by atoms with Crippen LogP contribution in [-0.2, 0) is 0 Å². The van der Waals surface area contributed by atoms with Gasteiger partial charge in [-0.15, -0.1) is 0 Å². The second-order valence-electron chi connectivity index (χ2n) is 7.64. The number of piperidine rings is 1. The smallest absolute Gasteiger partial charge is 0.254 e. The minimum Gasteiger partial charge on any atom is -0.333 e. The monoisotopic (exact) mass is 337 g/mol. The zero-order valence-electron chi connectivity index (χ0n) is 14.8. The molecule has 1 amide bonds. The Labute approximate surface area is 148 Å². The van der Waals surface area contributed by atoms with E-state index in [9.17, 15) is 9.18 Å². The SMILES string of the molecule is Cc1ccc(C(=O)N2C3CCC2CC(c2ccc(F)cc2)C3)c(C)c1. The summed E-state index contributed by atoms with van der Waals surface area (Å²) in [6, 6.07) is 13.6. The maximum atomic E-state index is 13.2. The lowest BCUT2D eigenvalue weighted by Gasteiger charge is -2.39. The molecule has 2 atom stereocenters. The van der Waals surface area contributed by atoms with Crippen molar-refractivity contribution in [1.82, 2.24) is 4.90 Å². The van der Waals surface area contributed by atoms with Crippen LogP contribution in [0, 0.1) is 19.7 Å². The van der Waals surface area contributed by atoms with Gasteiger partial charge in [0.15, 0.2) is 0 Å². The lowest BCUT2D eigenvalue weighted by molar-refractivity contribution is 0.0571. The Bertz CT molecular complexity index is 784. The molecule has 0 radical (unpaired) electrons. The molecule has 2 heterocycles. The number of carbonyl (C=O) groups is 1. The molecule has 2 aromatic rings. The molecule has 2 aliphatic heterocycles. The first kappa shape index (κ1) is 16.3. The van der Waals surface area contributed by atoms with Crippen molar-refractivity contribution in [1.29, 1.82) is 0 Å². The topological polar surface area (TPSA) is 20.3 Å². The predicted octanol–water partition coefficient (Wildman–Crippen LogP) is 4.99. The van der Waals surface area contributed by atoms with Gasteiger partial charge in [-0.25, -0.2) is 4.39 Å². The number of hydrogen-bond donors (Lipinski definition) is 0. The first-order chi connectivity index (χ1) is 12.0. The van der Waals surface area contributed by atoms with E-state index in [0.29, 0.717) is 18.0 Å². The fourth-order valence-electron chi connectivity index (χ4n) is 4.71. The van der Waals surface area contributed by atoms with Crippen molar-refractivity contribution in [2.75, 3.05) is 0 Å². The third-order valence-electron chi connectivity index (χ3n) is 5.92. The lowest BCUT2D eigenvalue weighted by Crippen LogP contribution is -2.46. The largest absolute Gasteiger partial charge is 0.333 e. The Kier molecular flexibility index (Phi) is 4.10. The molecule has 2 bridgehead atoms. The Morgan fingerprint density at radius 2 is 1.64 bits per heavy atom. The van der Waals surface area contributed by atoms with Crippen LogP contribution in [0.15, 0.2) is 42.5 Å². The van der Waals surface area contributed by atoms with E-state index in [-0.39, 0.29) is 11.7 Å². The van der Waals surface area contributed by atoms with E-state index >= 15 is 0 Å². The fourth-order valence-corrected chi connectivity index (χ4v) is 4.71.